The van der Waals surface area contributed by atoms with Crippen LogP contribution in [0.1, 0.15) is 5.69 Å². The summed E-state index contributed by atoms with van der Waals surface area (Å²) in [5.41, 5.74) is 2.84. The van der Waals surface area contributed by atoms with Crippen LogP contribution in [0.25, 0.3) is 0 Å². The Labute approximate surface area is 92.8 Å². The van der Waals surface area contributed by atoms with Gasteiger partial charge in [-0.15, -0.1) is 0 Å². The highest BCUT2D eigenvalue weighted by molar-refractivity contribution is 7.03. The predicted molar refractivity (Wildman–Crippen MR) is 61.1 cm³/mol. The molecule has 0 spiro atoms. The molecule has 0 N–H and O–H groups in total. The summed E-state index contributed by atoms with van der Waals surface area (Å²) < 4.78 is 4.16. The summed E-state index contributed by atoms with van der Waals surface area (Å²) in [4.78, 5) is 10.4. The van der Waals surface area contributed by atoms with Gasteiger partial charge in [-0.1, -0.05) is 6.07 Å². The third-order valence-electron chi connectivity index (χ3n) is 2.12. The molecule has 0 unspecified atom stereocenters. The molecule has 2 rings (SSSR count). The van der Waals surface area contributed by atoms with Gasteiger partial charge in [0.05, 0.1) is 0 Å². The first-order chi connectivity index (χ1) is 7.36. The number of hydrogen-bond donors (Lipinski definition) is 0. The van der Waals surface area contributed by atoms with Crippen molar-refractivity contribution in [2.75, 3.05) is 18.5 Å². The van der Waals surface area contributed by atoms with Crippen LogP contribution in [0.5, 0.6) is 0 Å². The summed E-state index contributed by atoms with van der Waals surface area (Å²) >= 11 is 1.37. The van der Waals surface area contributed by atoms with Crippen molar-refractivity contribution < 1.29 is 0 Å². The Balaban J connectivity index is 1.89. The standard InChI is InChI=1S/C10H12N4S/c1-14(10-12-8-15-13-10)7-5-9-4-2-3-6-11-9/h2-4,6,8H,5,7H2,1H3. The monoisotopic (exact) mass is 220 g/mol. The normalized spacial score (nSPS) is 10.2. The van der Waals surface area contributed by atoms with Crippen LogP contribution < -0.4 is 4.90 Å². The molecule has 0 aliphatic carbocycles. The highest BCUT2D eigenvalue weighted by atomic mass is 32.1. The molecular weight excluding hydrogens is 208 g/mol. The molecule has 0 aromatic carbocycles. The number of rotatable bonds is 4. The molecule has 0 saturated carbocycles. The van der Waals surface area contributed by atoms with Crippen molar-refractivity contribution in [2.24, 2.45) is 0 Å². The van der Waals surface area contributed by atoms with Crippen molar-refractivity contribution in [1.82, 2.24) is 14.3 Å². The lowest BCUT2D eigenvalue weighted by molar-refractivity contribution is 0.831. The maximum absolute atomic E-state index is 4.27. The van der Waals surface area contributed by atoms with Gasteiger partial charge < -0.3 is 4.90 Å². The minimum absolute atomic E-state index is 0.788. The fourth-order valence-corrected chi connectivity index (χ4v) is 1.73. The Morgan fingerprint density at radius 3 is 2.93 bits per heavy atom. The lowest BCUT2D eigenvalue weighted by Gasteiger charge is -2.13. The molecule has 0 atom stereocenters. The summed E-state index contributed by atoms with van der Waals surface area (Å²) in [5.74, 6) is 0.788. The van der Waals surface area contributed by atoms with Gasteiger partial charge in [0.25, 0.3) is 0 Å². The van der Waals surface area contributed by atoms with E-state index in [1.807, 2.05) is 36.3 Å². The van der Waals surface area contributed by atoms with Crippen LogP contribution in [0.2, 0.25) is 0 Å². The van der Waals surface area contributed by atoms with Gasteiger partial charge in [0.2, 0.25) is 5.95 Å². The molecule has 4 nitrogen and oxygen atoms in total. The van der Waals surface area contributed by atoms with E-state index < -0.39 is 0 Å². The summed E-state index contributed by atoms with van der Waals surface area (Å²) in [5, 5.41) is 0. The molecule has 2 heterocycles. The molecule has 0 aliphatic heterocycles. The number of pyridine rings is 1. The Kier molecular flexibility index (Phi) is 3.24. The first kappa shape index (κ1) is 10.0. The van der Waals surface area contributed by atoms with Gasteiger partial charge in [-0.2, -0.15) is 4.37 Å². The summed E-state index contributed by atoms with van der Waals surface area (Å²) in [7, 11) is 1.99. The lowest BCUT2D eigenvalue weighted by Crippen LogP contribution is -2.21. The van der Waals surface area contributed by atoms with Gasteiger partial charge in [0.15, 0.2) is 0 Å². The Hall–Kier alpha value is -1.49. The van der Waals surface area contributed by atoms with Crippen LogP contribution in [0.15, 0.2) is 29.9 Å². The molecule has 0 saturated heterocycles. The maximum atomic E-state index is 4.27. The van der Waals surface area contributed by atoms with E-state index in [1.54, 1.807) is 5.51 Å². The highest BCUT2D eigenvalue weighted by Gasteiger charge is 2.04. The summed E-state index contributed by atoms with van der Waals surface area (Å²) in [6.45, 7) is 0.883. The first-order valence-electron chi connectivity index (χ1n) is 4.73. The third kappa shape index (κ3) is 2.73. The van der Waals surface area contributed by atoms with Crippen molar-refractivity contribution in [3.8, 4) is 0 Å². The van der Waals surface area contributed by atoms with E-state index >= 15 is 0 Å². The predicted octanol–water partition coefficient (Wildman–Crippen LogP) is 1.61. The van der Waals surface area contributed by atoms with Crippen molar-refractivity contribution in [2.45, 2.75) is 6.42 Å². The molecule has 78 valence electrons. The maximum Gasteiger partial charge on any atom is 0.236 e. The summed E-state index contributed by atoms with van der Waals surface area (Å²) in [6.07, 6.45) is 2.73. The molecule has 0 radical (unpaired) electrons. The molecule has 2 aromatic heterocycles. The number of aromatic nitrogens is 3. The quantitative estimate of drug-likeness (QED) is 0.785. The number of hydrogen-bond acceptors (Lipinski definition) is 5. The fraction of sp³-hybridized carbons (Fsp3) is 0.300. The van der Waals surface area contributed by atoms with Crippen LogP contribution in [0.4, 0.5) is 5.95 Å². The molecule has 0 aliphatic rings. The average Bonchev–Trinajstić information content (AvgIpc) is 2.81. The Morgan fingerprint density at radius 1 is 1.33 bits per heavy atom. The van der Waals surface area contributed by atoms with Crippen molar-refractivity contribution in [1.29, 1.82) is 0 Å². The van der Waals surface area contributed by atoms with E-state index in [0.29, 0.717) is 0 Å². The Morgan fingerprint density at radius 2 is 2.27 bits per heavy atom. The van der Waals surface area contributed by atoms with E-state index in [4.69, 9.17) is 0 Å². The van der Waals surface area contributed by atoms with Crippen LogP contribution >= 0.6 is 11.5 Å². The van der Waals surface area contributed by atoms with Gasteiger partial charge in [0, 0.05) is 31.9 Å². The molecule has 15 heavy (non-hydrogen) atoms. The number of likely N-dealkylation sites (N-methyl/N-ethyl adjacent to an activating group) is 1. The minimum Gasteiger partial charge on any atom is -0.343 e. The highest BCUT2D eigenvalue weighted by Crippen LogP contribution is 2.06. The zero-order valence-corrected chi connectivity index (χ0v) is 9.31. The van der Waals surface area contributed by atoms with Gasteiger partial charge in [-0.25, -0.2) is 4.98 Å². The van der Waals surface area contributed by atoms with E-state index in [-0.39, 0.29) is 0 Å². The zero-order chi connectivity index (χ0) is 10.5. The topological polar surface area (TPSA) is 41.9 Å². The van der Waals surface area contributed by atoms with E-state index in [9.17, 15) is 0 Å². The average molecular weight is 220 g/mol. The zero-order valence-electron chi connectivity index (χ0n) is 8.50. The first-order valence-corrected chi connectivity index (χ1v) is 5.57. The molecule has 0 fully saturated rings. The minimum atomic E-state index is 0.788. The van der Waals surface area contributed by atoms with Crippen molar-refractivity contribution in [3.05, 3.63) is 35.6 Å². The second-order valence-corrected chi connectivity index (χ2v) is 3.83. The fourth-order valence-electron chi connectivity index (χ4n) is 1.26. The van der Waals surface area contributed by atoms with E-state index in [0.717, 1.165) is 24.6 Å². The molecule has 5 heteroatoms. The van der Waals surface area contributed by atoms with Gasteiger partial charge in [-0.05, 0) is 23.7 Å². The van der Waals surface area contributed by atoms with Gasteiger partial charge in [0.1, 0.15) is 5.51 Å². The van der Waals surface area contributed by atoms with Crippen LogP contribution in [0.3, 0.4) is 0 Å². The van der Waals surface area contributed by atoms with E-state index in [1.165, 1.54) is 11.5 Å². The number of nitrogens with zero attached hydrogens (tertiary/aromatic N) is 4. The van der Waals surface area contributed by atoms with Crippen molar-refractivity contribution >= 4 is 17.5 Å². The molecular formula is C10H12N4S. The third-order valence-corrected chi connectivity index (χ3v) is 2.59. The van der Waals surface area contributed by atoms with E-state index in [2.05, 4.69) is 14.3 Å². The van der Waals surface area contributed by atoms with Gasteiger partial charge >= 0.3 is 0 Å². The lowest BCUT2D eigenvalue weighted by atomic mass is 10.2. The molecule has 2 aromatic rings. The largest absolute Gasteiger partial charge is 0.343 e. The molecule has 0 bridgehead atoms. The van der Waals surface area contributed by atoms with Crippen molar-refractivity contribution in [3.63, 3.8) is 0 Å². The summed E-state index contributed by atoms with van der Waals surface area (Å²) in [6, 6.07) is 5.96. The van der Waals surface area contributed by atoms with Gasteiger partial charge in [-0.3, -0.25) is 4.98 Å². The molecule has 0 amide bonds. The SMILES string of the molecule is CN(CCc1ccccn1)c1ncsn1. The second kappa shape index (κ2) is 4.84. The van der Waals surface area contributed by atoms with Crippen LogP contribution in [0, 0.1) is 0 Å². The smallest absolute Gasteiger partial charge is 0.236 e. The Bertz CT molecular complexity index is 387. The second-order valence-electron chi connectivity index (χ2n) is 3.22. The van der Waals surface area contributed by atoms with Crippen LogP contribution in [-0.4, -0.2) is 27.9 Å². The number of anilines is 1. The van der Waals surface area contributed by atoms with Crippen LogP contribution in [-0.2, 0) is 6.42 Å².